The number of thioether (sulfide) groups is 1. The number of benzene rings is 1. The maximum Gasteiger partial charge on any atom is 0.119 e. The highest BCUT2D eigenvalue weighted by molar-refractivity contribution is 7.99. The summed E-state index contributed by atoms with van der Waals surface area (Å²) in [5, 5.41) is 4.38. The second-order valence-corrected chi connectivity index (χ2v) is 13.0. The van der Waals surface area contributed by atoms with Crippen LogP contribution in [0.1, 0.15) is 89.0 Å². The molecule has 1 aliphatic heterocycles. The van der Waals surface area contributed by atoms with Crippen molar-refractivity contribution in [1.29, 1.82) is 0 Å². The molecular weight excluding hydrogens is 503 g/mol. The Labute approximate surface area is 242 Å². The Morgan fingerprint density at radius 1 is 1.08 bits per heavy atom. The lowest BCUT2D eigenvalue weighted by Gasteiger charge is -2.26. The molecule has 2 fully saturated rings. The van der Waals surface area contributed by atoms with Crippen molar-refractivity contribution in [3.8, 4) is 0 Å². The van der Waals surface area contributed by atoms with Gasteiger partial charge in [-0.1, -0.05) is 79.8 Å². The van der Waals surface area contributed by atoms with E-state index in [1.54, 1.807) is 0 Å². The van der Waals surface area contributed by atoms with Gasteiger partial charge in [-0.25, -0.2) is 4.39 Å². The zero-order valence-corrected chi connectivity index (χ0v) is 25.2. The summed E-state index contributed by atoms with van der Waals surface area (Å²) in [5.41, 5.74) is 2.87. The number of hydrogen-bond acceptors (Lipinski definition) is 4. The number of hydrogen-bond donors (Lipinski definition) is 1. The number of nitrogens with one attached hydrogen (secondary N) is 1. The molecule has 0 bridgehead atoms. The minimum absolute atomic E-state index is 0.444. The molecule has 1 aromatic carbocycles. The number of aryl methyl sites for hydroxylation is 1. The number of rotatable bonds is 15. The summed E-state index contributed by atoms with van der Waals surface area (Å²) in [6.07, 6.45) is 24.3. The fourth-order valence-electron chi connectivity index (χ4n) is 5.90. The summed E-state index contributed by atoms with van der Waals surface area (Å²) < 4.78 is 13.3. The van der Waals surface area contributed by atoms with Crippen LogP contribution in [0.5, 0.6) is 0 Å². The van der Waals surface area contributed by atoms with Crippen molar-refractivity contribution in [3.05, 3.63) is 59.7 Å². The molecule has 1 heterocycles. The highest BCUT2D eigenvalue weighted by Gasteiger charge is 2.25. The van der Waals surface area contributed by atoms with Gasteiger partial charge in [-0.05, 0) is 82.1 Å². The first-order valence-electron chi connectivity index (χ1n) is 15.7. The molecule has 39 heavy (non-hydrogen) atoms. The van der Waals surface area contributed by atoms with E-state index in [1.165, 1.54) is 61.8 Å². The lowest BCUT2D eigenvalue weighted by Crippen LogP contribution is -2.39. The maximum absolute atomic E-state index is 13.3. The van der Waals surface area contributed by atoms with E-state index in [-0.39, 0.29) is 0 Å². The Bertz CT molecular complexity index is 839. The predicted octanol–water partition coefficient (Wildman–Crippen LogP) is 7.96. The fraction of sp³-hybridized carbons (Fsp3) is 0.676. The molecule has 3 nitrogen and oxygen atoms in total. The summed E-state index contributed by atoms with van der Waals surface area (Å²) in [7, 11) is 2.03. The van der Waals surface area contributed by atoms with E-state index in [9.17, 15) is 9.18 Å². The number of allylic oxidation sites excluding steroid dienone is 4. The van der Waals surface area contributed by atoms with Gasteiger partial charge in [0.05, 0.1) is 0 Å². The summed E-state index contributed by atoms with van der Waals surface area (Å²) in [6, 6.07) is 11.1. The minimum Gasteiger partial charge on any atom is -0.316 e. The Hall–Kier alpha value is -1.43. The average molecular weight is 557 g/mol. The van der Waals surface area contributed by atoms with E-state index in [1.807, 2.05) is 7.05 Å². The lowest BCUT2D eigenvalue weighted by atomic mass is 9.89. The monoisotopic (exact) mass is 556 g/mol. The molecule has 3 unspecified atom stereocenters. The summed E-state index contributed by atoms with van der Waals surface area (Å²) in [6.45, 7) is 2.48. The van der Waals surface area contributed by atoms with E-state index < -0.39 is 6.17 Å². The van der Waals surface area contributed by atoms with Crippen LogP contribution in [0, 0.1) is 5.92 Å². The summed E-state index contributed by atoms with van der Waals surface area (Å²) >= 11 is 2.17. The molecule has 3 aliphatic rings. The van der Waals surface area contributed by atoms with E-state index >= 15 is 0 Å². The van der Waals surface area contributed by atoms with E-state index in [0.717, 1.165) is 63.2 Å². The third-order valence-electron chi connectivity index (χ3n) is 8.37. The van der Waals surface area contributed by atoms with Gasteiger partial charge < -0.3 is 10.1 Å². The molecule has 0 spiro atoms. The van der Waals surface area contributed by atoms with Gasteiger partial charge in [-0.15, -0.1) is 0 Å². The maximum atomic E-state index is 13.3. The molecule has 0 aromatic heterocycles. The lowest BCUT2D eigenvalue weighted by molar-refractivity contribution is -0.107. The predicted molar refractivity (Wildman–Crippen MR) is 167 cm³/mol. The van der Waals surface area contributed by atoms with Crippen LogP contribution in [0.2, 0.25) is 0 Å². The molecular formula is C34H53FN2OS. The molecule has 218 valence electrons. The van der Waals surface area contributed by atoms with Crippen molar-refractivity contribution < 1.29 is 9.18 Å². The van der Waals surface area contributed by atoms with Crippen LogP contribution < -0.4 is 5.32 Å². The zero-order valence-electron chi connectivity index (χ0n) is 24.4. The molecule has 0 radical (unpaired) electrons. The first-order chi connectivity index (χ1) is 19.2. The van der Waals surface area contributed by atoms with E-state index in [4.69, 9.17) is 0 Å². The van der Waals surface area contributed by atoms with Crippen molar-refractivity contribution in [2.75, 3.05) is 32.4 Å². The number of likely N-dealkylation sites (tertiary alicyclic amines) is 1. The number of halogens is 1. The minimum atomic E-state index is -0.623. The topological polar surface area (TPSA) is 32.3 Å². The molecule has 1 N–H and O–H groups in total. The molecule has 5 heteroatoms. The number of alkyl halides is 1. The van der Waals surface area contributed by atoms with Crippen LogP contribution in [0.15, 0.2) is 54.1 Å². The average Bonchev–Trinajstić information content (AvgIpc) is 3.40. The number of unbranched alkanes of at least 4 members (excludes halogenated alkanes) is 3. The van der Waals surface area contributed by atoms with Crippen LogP contribution in [0.25, 0.3) is 0 Å². The number of likely N-dealkylation sites (N-methyl/N-ethyl adjacent to an activating group) is 1. The highest BCUT2D eigenvalue weighted by atomic mass is 32.2. The van der Waals surface area contributed by atoms with Crippen molar-refractivity contribution in [1.82, 2.24) is 10.2 Å². The highest BCUT2D eigenvalue weighted by Crippen LogP contribution is 2.29. The van der Waals surface area contributed by atoms with Gasteiger partial charge >= 0.3 is 0 Å². The van der Waals surface area contributed by atoms with Crippen LogP contribution in [0.3, 0.4) is 0 Å². The van der Waals surface area contributed by atoms with Crippen LogP contribution in [-0.4, -0.2) is 61.1 Å². The van der Waals surface area contributed by atoms with Gasteiger partial charge in [0.2, 0.25) is 0 Å². The molecule has 0 amide bonds. The van der Waals surface area contributed by atoms with Crippen LogP contribution >= 0.6 is 11.8 Å². The van der Waals surface area contributed by atoms with Crippen molar-refractivity contribution in [3.63, 3.8) is 0 Å². The third kappa shape index (κ3) is 13.7. The van der Waals surface area contributed by atoms with Gasteiger partial charge in [0.25, 0.3) is 0 Å². The molecule has 1 saturated heterocycles. The quantitative estimate of drug-likeness (QED) is 0.175. The van der Waals surface area contributed by atoms with Gasteiger partial charge in [0, 0.05) is 37.3 Å². The van der Waals surface area contributed by atoms with Crippen molar-refractivity contribution >= 4 is 18.0 Å². The Kier molecular flexibility index (Phi) is 16.1. The van der Waals surface area contributed by atoms with Gasteiger partial charge in [0.15, 0.2) is 0 Å². The first kappa shape index (κ1) is 32.1. The van der Waals surface area contributed by atoms with Crippen LogP contribution in [-0.2, 0) is 11.2 Å². The Morgan fingerprint density at radius 3 is 2.56 bits per heavy atom. The van der Waals surface area contributed by atoms with E-state index in [0.29, 0.717) is 24.9 Å². The number of carbonyl (C=O) groups excluding carboxylic acids is 1. The largest absolute Gasteiger partial charge is 0.316 e. The van der Waals surface area contributed by atoms with Gasteiger partial charge in [-0.3, -0.25) is 4.90 Å². The standard InChI is InChI=1S/C22H31FN2.C12H22OS/c1-24-22(17-25-14-13-21(23)16-25)15-20-11-9-19(10-12-20)8-7-18-5-3-2-4-6-18;13-10-6-1-2-7-11-14-12-8-4-3-5-9-12/h2-6,9-11,20-22,24H,7-8,12-17H2,1H3;10,12H,1-9,11H2. The molecule has 4 rings (SSSR count). The SMILES string of the molecule is CNC(CC1C=CC(CCc2ccccc2)=CC1)CN1CCC(F)C1.O=CCCCCCSC1CCCCC1. The van der Waals surface area contributed by atoms with Crippen LogP contribution in [0.4, 0.5) is 4.39 Å². The summed E-state index contributed by atoms with van der Waals surface area (Å²) in [4.78, 5) is 12.3. The van der Waals surface area contributed by atoms with Gasteiger partial charge in [0.1, 0.15) is 12.5 Å². The summed E-state index contributed by atoms with van der Waals surface area (Å²) in [5.74, 6) is 1.91. The zero-order chi connectivity index (χ0) is 27.5. The Balaban J connectivity index is 0.000000255. The fourth-order valence-corrected chi connectivity index (χ4v) is 7.27. The molecule has 3 atom stereocenters. The van der Waals surface area contributed by atoms with Crippen molar-refractivity contribution in [2.45, 2.75) is 107 Å². The number of nitrogens with zero attached hydrogens (tertiary/aromatic N) is 1. The molecule has 1 saturated carbocycles. The number of carbonyl (C=O) groups is 1. The normalized spacial score (nSPS) is 22.7. The second-order valence-electron chi connectivity index (χ2n) is 11.6. The van der Waals surface area contributed by atoms with Crippen molar-refractivity contribution in [2.24, 2.45) is 5.92 Å². The molecule has 1 aromatic rings. The van der Waals surface area contributed by atoms with E-state index in [2.05, 4.69) is 70.5 Å². The van der Waals surface area contributed by atoms with Gasteiger partial charge in [-0.2, -0.15) is 11.8 Å². The smallest absolute Gasteiger partial charge is 0.119 e. The molecule has 2 aliphatic carbocycles. The third-order valence-corrected chi connectivity index (χ3v) is 9.84. The first-order valence-corrected chi connectivity index (χ1v) is 16.7. The second kappa shape index (κ2) is 19.6. The number of aldehydes is 1. The Morgan fingerprint density at radius 2 is 1.90 bits per heavy atom.